The summed E-state index contributed by atoms with van der Waals surface area (Å²) in [6.07, 6.45) is 0. The highest BCUT2D eigenvalue weighted by Crippen LogP contribution is 2.36. The van der Waals surface area contributed by atoms with E-state index in [0.717, 1.165) is 11.3 Å². The van der Waals surface area contributed by atoms with Crippen molar-refractivity contribution in [3.63, 3.8) is 0 Å². The summed E-state index contributed by atoms with van der Waals surface area (Å²) in [4.78, 5) is 15.9. The fraction of sp³-hybridized carbons (Fsp3) is 0.154. The van der Waals surface area contributed by atoms with Crippen molar-refractivity contribution in [3.05, 3.63) is 28.1 Å². The molecule has 2 rings (SSSR count). The molecule has 0 fully saturated rings. The molecule has 0 aromatic carbocycles. The van der Waals surface area contributed by atoms with Crippen LogP contribution in [0.5, 0.6) is 0 Å². The lowest BCUT2D eigenvalue weighted by Crippen LogP contribution is -1.99. The van der Waals surface area contributed by atoms with Crippen molar-refractivity contribution < 1.29 is 9.53 Å². The maximum Gasteiger partial charge on any atom is 0.348 e. The third kappa shape index (κ3) is 3.02. The second kappa shape index (κ2) is 6.19. The molecule has 2 aromatic rings. The van der Waals surface area contributed by atoms with Gasteiger partial charge in [-0.05, 0) is 12.5 Å². The highest BCUT2D eigenvalue weighted by atomic mass is 32.1. The highest BCUT2D eigenvalue weighted by Gasteiger charge is 2.20. The quantitative estimate of drug-likeness (QED) is 0.659. The minimum Gasteiger partial charge on any atom is -0.465 e. The molecule has 0 saturated heterocycles. The van der Waals surface area contributed by atoms with Gasteiger partial charge in [0.25, 0.3) is 0 Å². The predicted octanol–water partition coefficient (Wildman–Crippen LogP) is 2.69. The zero-order chi connectivity index (χ0) is 16.3. The molecule has 0 atom stereocenters. The van der Waals surface area contributed by atoms with Gasteiger partial charge in [0.2, 0.25) is 0 Å². The molecule has 8 nitrogen and oxygen atoms in total. The van der Waals surface area contributed by atoms with Crippen molar-refractivity contribution in [2.24, 2.45) is 10.2 Å². The van der Waals surface area contributed by atoms with Crippen LogP contribution in [0.15, 0.2) is 22.4 Å². The number of pyridine rings is 1. The first-order chi connectivity index (χ1) is 10.5. The minimum atomic E-state index is -0.522. The number of azo groups is 1. The van der Waals surface area contributed by atoms with Gasteiger partial charge in [-0.3, -0.25) is 0 Å². The van der Waals surface area contributed by atoms with Crippen molar-refractivity contribution in [3.8, 4) is 6.07 Å². The summed E-state index contributed by atoms with van der Waals surface area (Å²) in [5, 5.41) is 17.4. The molecule has 0 amide bonds. The molecule has 9 heteroatoms. The molecule has 4 N–H and O–H groups in total. The van der Waals surface area contributed by atoms with E-state index in [0.29, 0.717) is 21.1 Å². The average molecular weight is 316 g/mol. The molecule has 0 unspecified atom stereocenters. The van der Waals surface area contributed by atoms with Crippen LogP contribution in [0.4, 0.5) is 22.3 Å². The van der Waals surface area contributed by atoms with E-state index in [9.17, 15) is 10.1 Å². The van der Waals surface area contributed by atoms with Gasteiger partial charge in [-0.2, -0.15) is 5.26 Å². The molecule has 0 spiro atoms. The number of nitriles is 1. The highest BCUT2D eigenvalue weighted by molar-refractivity contribution is 7.18. The Labute approximate surface area is 130 Å². The number of nitrogens with two attached hydrogens (primary N) is 2. The van der Waals surface area contributed by atoms with E-state index >= 15 is 0 Å². The Morgan fingerprint density at radius 3 is 2.73 bits per heavy atom. The summed E-state index contributed by atoms with van der Waals surface area (Å²) in [5.41, 5.74) is 12.4. The Morgan fingerprint density at radius 1 is 1.41 bits per heavy atom. The first kappa shape index (κ1) is 15.4. The van der Waals surface area contributed by atoms with Gasteiger partial charge in [-0.1, -0.05) is 0 Å². The number of anilines is 2. The van der Waals surface area contributed by atoms with E-state index < -0.39 is 5.97 Å². The third-order valence-electron chi connectivity index (χ3n) is 2.71. The van der Waals surface area contributed by atoms with E-state index in [1.165, 1.54) is 19.2 Å². The molecule has 0 saturated carbocycles. The van der Waals surface area contributed by atoms with Crippen LogP contribution in [-0.2, 0) is 4.74 Å². The smallest absolute Gasteiger partial charge is 0.348 e. The number of nitrogen functional groups attached to an aromatic ring is 2. The first-order valence-electron chi connectivity index (χ1n) is 6.02. The number of nitrogens with zero attached hydrogens (tertiary/aromatic N) is 4. The number of ether oxygens (including phenoxy) is 1. The van der Waals surface area contributed by atoms with Crippen LogP contribution >= 0.6 is 11.3 Å². The van der Waals surface area contributed by atoms with E-state index in [4.69, 9.17) is 11.5 Å². The first-order valence-corrected chi connectivity index (χ1v) is 6.84. The monoisotopic (exact) mass is 316 g/mol. The fourth-order valence-corrected chi connectivity index (χ4v) is 2.69. The number of hydrogen-bond acceptors (Lipinski definition) is 9. The average Bonchev–Trinajstić information content (AvgIpc) is 2.79. The van der Waals surface area contributed by atoms with Crippen LogP contribution < -0.4 is 11.5 Å². The Hall–Kier alpha value is -2.99. The van der Waals surface area contributed by atoms with Gasteiger partial charge in [-0.15, -0.1) is 21.6 Å². The molecule has 0 aliphatic heterocycles. The van der Waals surface area contributed by atoms with Crippen molar-refractivity contribution >= 4 is 39.6 Å². The molecule has 2 aromatic heterocycles. The minimum absolute atomic E-state index is 0.215. The largest absolute Gasteiger partial charge is 0.465 e. The molecule has 0 bridgehead atoms. The summed E-state index contributed by atoms with van der Waals surface area (Å²) in [7, 11) is 1.27. The summed E-state index contributed by atoms with van der Waals surface area (Å²) in [6.45, 7) is 1.65. The molecule has 0 aliphatic carbocycles. The van der Waals surface area contributed by atoms with E-state index in [1.807, 2.05) is 6.07 Å². The van der Waals surface area contributed by atoms with E-state index in [-0.39, 0.29) is 17.2 Å². The molecule has 0 radical (unpaired) electrons. The number of hydrogen-bond donors (Lipinski definition) is 2. The number of aromatic nitrogens is 1. The van der Waals surface area contributed by atoms with Crippen molar-refractivity contribution in [2.45, 2.75) is 6.92 Å². The van der Waals surface area contributed by atoms with Gasteiger partial charge in [-0.25, -0.2) is 9.78 Å². The standard InChI is InChI=1S/C13H12N6O2S/c1-6-8(5-14)12(22-11(6)13(20)21-2)19-18-10-4-7(15)3-9(16)17-10/h3-4H,1-2H3,(H4,15,16,17). The lowest BCUT2D eigenvalue weighted by molar-refractivity contribution is 0.0605. The zero-order valence-corrected chi connectivity index (χ0v) is 12.6. The van der Waals surface area contributed by atoms with Crippen LogP contribution in [0.2, 0.25) is 0 Å². The van der Waals surface area contributed by atoms with Gasteiger partial charge in [0.15, 0.2) is 10.8 Å². The van der Waals surface area contributed by atoms with Gasteiger partial charge >= 0.3 is 5.97 Å². The summed E-state index contributed by atoms with van der Waals surface area (Å²) < 4.78 is 4.67. The molecule has 0 aliphatic rings. The number of thiophene rings is 1. The normalized spacial score (nSPS) is 10.6. The predicted molar refractivity (Wildman–Crippen MR) is 82.3 cm³/mol. The van der Waals surface area contributed by atoms with Gasteiger partial charge in [0, 0.05) is 17.8 Å². The van der Waals surface area contributed by atoms with Gasteiger partial charge in [0.1, 0.15) is 16.8 Å². The second-order valence-electron chi connectivity index (χ2n) is 4.22. The third-order valence-corrected chi connectivity index (χ3v) is 3.86. The maximum atomic E-state index is 11.6. The Bertz CT molecular complexity index is 785. The number of methoxy groups -OCH3 is 1. The Morgan fingerprint density at radius 2 is 2.14 bits per heavy atom. The Kier molecular flexibility index (Phi) is 4.33. The number of carbonyl (C=O) groups is 1. The number of carbonyl (C=O) groups excluding carboxylic acids is 1. The maximum absolute atomic E-state index is 11.6. The summed E-state index contributed by atoms with van der Waals surface area (Å²) >= 11 is 1.02. The van der Waals surface area contributed by atoms with E-state index in [1.54, 1.807) is 6.92 Å². The zero-order valence-electron chi connectivity index (χ0n) is 11.8. The van der Waals surface area contributed by atoms with Crippen LogP contribution in [0.3, 0.4) is 0 Å². The fourth-order valence-electron chi connectivity index (χ4n) is 1.69. The lowest BCUT2D eigenvalue weighted by atomic mass is 10.2. The second-order valence-corrected chi connectivity index (χ2v) is 5.22. The van der Waals surface area contributed by atoms with Crippen molar-refractivity contribution in [1.82, 2.24) is 4.98 Å². The number of rotatable bonds is 3. The number of esters is 1. The van der Waals surface area contributed by atoms with Gasteiger partial charge in [0.05, 0.1) is 12.7 Å². The van der Waals surface area contributed by atoms with Crippen molar-refractivity contribution in [1.29, 1.82) is 5.26 Å². The van der Waals surface area contributed by atoms with Crippen molar-refractivity contribution in [2.75, 3.05) is 18.6 Å². The van der Waals surface area contributed by atoms with Crippen LogP contribution in [0.1, 0.15) is 20.8 Å². The van der Waals surface area contributed by atoms with Gasteiger partial charge < -0.3 is 16.2 Å². The summed E-state index contributed by atoms with van der Waals surface area (Å²) in [5.74, 6) is -0.0918. The van der Waals surface area contributed by atoms with Crippen LogP contribution in [0.25, 0.3) is 0 Å². The topological polar surface area (TPSA) is 140 Å². The van der Waals surface area contributed by atoms with E-state index in [2.05, 4.69) is 19.9 Å². The molecule has 2 heterocycles. The van der Waals surface area contributed by atoms with Crippen LogP contribution in [-0.4, -0.2) is 18.1 Å². The van der Waals surface area contributed by atoms with Crippen LogP contribution in [0, 0.1) is 18.3 Å². The SMILES string of the molecule is COC(=O)c1sc(N=Nc2cc(N)cc(N)n2)c(C#N)c1C. The molecule has 22 heavy (non-hydrogen) atoms. The molecule has 112 valence electrons. The molecular weight excluding hydrogens is 304 g/mol. The molecular formula is C13H12N6O2S. The lowest BCUT2D eigenvalue weighted by Gasteiger charge is -1.97. The summed E-state index contributed by atoms with van der Waals surface area (Å²) in [6, 6.07) is 4.99. The Balaban J connectivity index is 2.43.